The second kappa shape index (κ2) is 6.93. The van der Waals surface area contributed by atoms with E-state index >= 15 is 0 Å². The number of methoxy groups -OCH3 is 2. The minimum Gasteiger partial charge on any atom is -0.497 e. The van der Waals surface area contributed by atoms with Gasteiger partial charge in [0.15, 0.2) is 0 Å². The van der Waals surface area contributed by atoms with E-state index in [-0.39, 0.29) is 5.56 Å². The van der Waals surface area contributed by atoms with Gasteiger partial charge in [0.2, 0.25) is 10.0 Å². The summed E-state index contributed by atoms with van der Waals surface area (Å²) < 4.78 is 73.0. The van der Waals surface area contributed by atoms with Crippen LogP contribution in [0.2, 0.25) is 0 Å². The highest BCUT2D eigenvalue weighted by Crippen LogP contribution is 2.34. The first-order valence-corrected chi connectivity index (χ1v) is 8.49. The van der Waals surface area contributed by atoms with Crippen LogP contribution in [0.5, 0.6) is 11.5 Å². The van der Waals surface area contributed by atoms with Gasteiger partial charge in [0.05, 0.1) is 19.1 Å². The van der Waals surface area contributed by atoms with Crippen LogP contribution in [0.15, 0.2) is 41.3 Å². The van der Waals surface area contributed by atoms with E-state index in [1.165, 1.54) is 38.5 Å². The van der Waals surface area contributed by atoms with Crippen molar-refractivity contribution in [3.63, 3.8) is 0 Å². The van der Waals surface area contributed by atoms with Crippen molar-refractivity contribution in [3.8, 4) is 22.6 Å². The molecular formula is C16H16F3NO4S. The van der Waals surface area contributed by atoms with E-state index < -0.39 is 21.2 Å². The third-order valence-electron chi connectivity index (χ3n) is 3.34. The Balaban J connectivity index is 2.69. The maximum atomic E-state index is 12.6. The second-order valence-corrected chi connectivity index (χ2v) is 6.86. The van der Waals surface area contributed by atoms with Crippen LogP contribution in [0.4, 0.5) is 13.2 Å². The largest absolute Gasteiger partial charge is 0.497 e. The minimum absolute atomic E-state index is 0.106. The molecule has 9 heteroatoms. The monoisotopic (exact) mass is 375 g/mol. The Hall–Kier alpha value is -2.26. The molecule has 0 aliphatic rings. The third-order valence-corrected chi connectivity index (χ3v) is 4.77. The van der Waals surface area contributed by atoms with Gasteiger partial charge < -0.3 is 9.47 Å². The van der Waals surface area contributed by atoms with E-state index in [0.717, 1.165) is 6.07 Å². The van der Waals surface area contributed by atoms with Gasteiger partial charge in [-0.3, -0.25) is 0 Å². The molecule has 1 N–H and O–H groups in total. The van der Waals surface area contributed by atoms with Crippen LogP contribution in [-0.4, -0.2) is 28.9 Å². The van der Waals surface area contributed by atoms with Crippen molar-refractivity contribution < 1.29 is 31.1 Å². The molecule has 25 heavy (non-hydrogen) atoms. The number of alkyl halides is 3. The van der Waals surface area contributed by atoms with Crippen LogP contribution in [0, 0.1) is 6.92 Å². The summed E-state index contributed by atoms with van der Waals surface area (Å²) in [7, 11) is -1.98. The first-order chi connectivity index (χ1) is 11.6. The fourth-order valence-corrected chi connectivity index (χ4v) is 3.40. The van der Waals surface area contributed by atoms with Crippen molar-refractivity contribution in [3.05, 3.63) is 42.0 Å². The fraction of sp³-hybridized carbons (Fsp3) is 0.250. The number of benzene rings is 2. The summed E-state index contributed by atoms with van der Waals surface area (Å²) >= 11 is 0. The molecule has 0 unspecified atom stereocenters. The van der Waals surface area contributed by atoms with E-state index in [1.807, 2.05) is 0 Å². The lowest BCUT2D eigenvalue weighted by Gasteiger charge is -2.15. The summed E-state index contributed by atoms with van der Waals surface area (Å²) in [5.41, 5.74) is 1.14. The average Bonchev–Trinajstić information content (AvgIpc) is 2.51. The molecule has 0 heterocycles. The lowest BCUT2D eigenvalue weighted by Crippen LogP contribution is -2.37. The predicted octanol–water partition coefficient (Wildman–Crippen LogP) is 3.48. The fourth-order valence-electron chi connectivity index (χ4n) is 2.27. The summed E-state index contributed by atoms with van der Waals surface area (Å²) in [6, 6.07) is 8.64. The molecule has 0 radical (unpaired) electrons. The van der Waals surface area contributed by atoms with Gasteiger partial charge in [-0.05, 0) is 30.7 Å². The maximum absolute atomic E-state index is 12.6. The molecule has 136 valence electrons. The van der Waals surface area contributed by atoms with Gasteiger partial charge in [-0.15, -0.1) is 4.72 Å². The van der Waals surface area contributed by atoms with Crippen molar-refractivity contribution in [1.29, 1.82) is 0 Å². The molecule has 0 saturated heterocycles. The highest BCUT2D eigenvalue weighted by molar-refractivity contribution is 7.89. The Labute approximate surface area is 143 Å². The van der Waals surface area contributed by atoms with Crippen LogP contribution in [0.3, 0.4) is 0 Å². The van der Waals surface area contributed by atoms with Gasteiger partial charge in [0.1, 0.15) is 11.5 Å². The SMILES string of the molecule is COc1cc(OC)cc(-c2cc(C)ccc2S(=O)(=O)NC(F)(F)F)c1. The highest BCUT2D eigenvalue weighted by atomic mass is 32.2. The molecule has 0 aromatic heterocycles. The smallest absolute Gasteiger partial charge is 0.470 e. The Morgan fingerprint density at radius 2 is 1.52 bits per heavy atom. The number of aryl methyl sites for hydroxylation is 1. The minimum atomic E-state index is -5.08. The lowest BCUT2D eigenvalue weighted by molar-refractivity contribution is -0.138. The average molecular weight is 375 g/mol. The molecule has 2 rings (SSSR count). The lowest BCUT2D eigenvalue weighted by atomic mass is 10.0. The van der Waals surface area contributed by atoms with E-state index in [4.69, 9.17) is 9.47 Å². The van der Waals surface area contributed by atoms with Crippen LogP contribution in [0.25, 0.3) is 11.1 Å². The van der Waals surface area contributed by atoms with E-state index in [2.05, 4.69) is 0 Å². The van der Waals surface area contributed by atoms with Crippen molar-refractivity contribution in [2.75, 3.05) is 14.2 Å². The molecule has 0 saturated carbocycles. The Morgan fingerprint density at radius 3 is 2.00 bits per heavy atom. The number of sulfonamides is 1. The first-order valence-electron chi connectivity index (χ1n) is 7.00. The van der Waals surface area contributed by atoms with Crippen molar-refractivity contribution in [1.82, 2.24) is 4.72 Å². The number of hydrogen-bond donors (Lipinski definition) is 1. The van der Waals surface area contributed by atoms with E-state index in [9.17, 15) is 21.6 Å². The summed E-state index contributed by atoms with van der Waals surface area (Å²) in [4.78, 5) is -0.495. The summed E-state index contributed by atoms with van der Waals surface area (Å²) in [6.45, 7) is 1.70. The van der Waals surface area contributed by atoms with E-state index in [1.54, 1.807) is 13.0 Å². The Kier molecular flexibility index (Phi) is 5.28. The Morgan fingerprint density at radius 1 is 0.960 bits per heavy atom. The van der Waals surface area contributed by atoms with Crippen LogP contribution in [0.1, 0.15) is 5.56 Å². The standard InChI is InChI=1S/C16H16F3NO4S/c1-10-4-5-15(25(21,22)20-16(17,18)19)14(6-10)11-7-12(23-2)9-13(8-11)24-3/h4-9,20H,1-3H3. The Bertz CT molecular complexity index is 857. The number of halogens is 3. The molecule has 0 aliphatic heterocycles. The van der Waals surface area contributed by atoms with Gasteiger partial charge >= 0.3 is 6.30 Å². The molecule has 0 atom stereocenters. The third kappa shape index (κ3) is 4.64. The second-order valence-electron chi connectivity index (χ2n) is 5.20. The van der Waals surface area contributed by atoms with Crippen molar-refractivity contribution in [2.45, 2.75) is 18.1 Å². The van der Waals surface area contributed by atoms with Crippen LogP contribution >= 0.6 is 0 Å². The molecule has 5 nitrogen and oxygen atoms in total. The van der Waals surface area contributed by atoms with Gasteiger partial charge in [-0.25, -0.2) is 8.42 Å². The quantitative estimate of drug-likeness (QED) is 0.813. The normalized spacial score (nSPS) is 12.1. The molecule has 2 aromatic rings. The number of ether oxygens (including phenoxy) is 2. The van der Waals surface area contributed by atoms with Gasteiger partial charge in [0, 0.05) is 11.6 Å². The molecule has 0 spiro atoms. The molecule has 0 aliphatic carbocycles. The highest BCUT2D eigenvalue weighted by Gasteiger charge is 2.36. The van der Waals surface area contributed by atoms with Crippen LogP contribution < -0.4 is 14.2 Å². The maximum Gasteiger partial charge on any atom is 0.470 e. The van der Waals surface area contributed by atoms with E-state index in [0.29, 0.717) is 27.3 Å². The zero-order valence-electron chi connectivity index (χ0n) is 13.6. The summed E-state index contributed by atoms with van der Waals surface area (Å²) in [6.07, 6.45) is -5.08. The zero-order chi connectivity index (χ0) is 18.8. The number of hydrogen-bond acceptors (Lipinski definition) is 4. The molecular weight excluding hydrogens is 359 g/mol. The van der Waals surface area contributed by atoms with Crippen molar-refractivity contribution >= 4 is 10.0 Å². The number of nitrogens with one attached hydrogen (secondary N) is 1. The van der Waals surface area contributed by atoms with Gasteiger partial charge in [-0.1, -0.05) is 17.7 Å². The summed E-state index contributed by atoms with van der Waals surface area (Å²) in [5.74, 6) is 0.756. The predicted molar refractivity (Wildman–Crippen MR) is 86.1 cm³/mol. The molecule has 0 amide bonds. The first kappa shape index (κ1) is 19.1. The molecule has 0 bridgehead atoms. The molecule has 0 fully saturated rings. The van der Waals surface area contributed by atoms with Gasteiger partial charge in [0.25, 0.3) is 0 Å². The number of rotatable bonds is 5. The topological polar surface area (TPSA) is 64.6 Å². The summed E-state index contributed by atoms with van der Waals surface area (Å²) in [5, 5.41) is 0. The van der Waals surface area contributed by atoms with Gasteiger partial charge in [-0.2, -0.15) is 13.2 Å². The molecule has 2 aromatic carbocycles. The van der Waals surface area contributed by atoms with Crippen LogP contribution in [-0.2, 0) is 10.0 Å². The zero-order valence-corrected chi connectivity index (χ0v) is 14.5. The van der Waals surface area contributed by atoms with Crippen molar-refractivity contribution in [2.24, 2.45) is 0 Å².